The van der Waals surface area contributed by atoms with Gasteiger partial charge in [0.2, 0.25) is 5.91 Å². The first-order valence-electron chi connectivity index (χ1n) is 11.6. The summed E-state index contributed by atoms with van der Waals surface area (Å²) >= 11 is 6.28. The van der Waals surface area contributed by atoms with Crippen molar-refractivity contribution in [1.29, 1.82) is 0 Å². The highest BCUT2D eigenvalue weighted by molar-refractivity contribution is 7.92. The van der Waals surface area contributed by atoms with Crippen molar-refractivity contribution in [3.63, 3.8) is 0 Å². The van der Waals surface area contributed by atoms with E-state index in [1.807, 2.05) is 13.0 Å². The summed E-state index contributed by atoms with van der Waals surface area (Å²) in [5, 5.41) is 3.21. The summed E-state index contributed by atoms with van der Waals surface area (Å²) in [7, 11) is -2.54. The molecular formula is C27H29ClN2O4S. The number of anilines is 1. The fourth-order valence-electron chi connectivity index (χ4n) is 4.37. The molecule has 35 heavy (non-hydrogen) atoms. The van der Waals surface area contributed by atoms with Crippen LogP contribution in [-0.4, -0.2) is 28.0 Å². The van der Waals surface area contributed by atoms with Crippen LogP contribution in [0.2, 0.25) is 5.02 Å². The molecule has 1 atom stereocenters. The third-order valence-electron chi connectivity index (χ3n) is 6.29. The van der Waals surface area contributed by atoms with Crippen molar-refractivity contribution < 1.29 is 17.9 Å². The van der Waals surface area contributed by atoms with Gasteiger partial charge >= 0.3 is 0 Å². The number of carbonyl (C=O) groups is 1. The molecule has 0 fully saturated rings. The molecule has 4 rings (SSSR count). The van der Waals surface area contributed by atoms with Crippen LogP contribution >= 0.6 is 11.6 Å². The van der Waals surface area contributed by atoms with Gasteiger partial charge < -0.3 is 10.1 Å². The molecule has 0 spiro atoms. The molecule has 1 aliphatic rings. The van der Waals surface area contributed by atoms with E-state index < -0.39 is 22.5 Å². The van der Waals surface area contributed by atoms with Crippen molar-refractivity contribution >= 4 is 33.2 Å². The Morgan fingerprint density at radius 1 is 1.03 bits per heavy atom. The molecule has 184 valence electrons. The molecule has 0 heterocycles. The van der Waals surface area contributed by atoms with Crippen LogP contribution in [-0.2, 0) is 27.7 Å². The minimum Gasteiger partial charge on any atom is -0.495 e. The van der Waals surface area contributed by atoms with Gasteiger partial charge in [-0.15, -0.1) is 0 Å². The number of fused-ring (bicyclic) bond motifs is 1. The first-order valence-corrected chi connectivity index (χ1v) is 13.4. The van der Waals surface area contributed by atoms with E-state index in [0.717, 1.165) is 22.7 Å². The molecule has 6 nitrogen and oxygen atoms in total. The summed E-state index contributed by atoms with van der Waals surface area (Å²) in [6.45, 7) is 1.51. The lowest BCUT2D eigenvalue weighted by atomic mass is 9.89. The number of hydrogen-bond acceptors (Lipinski definition) is 4. The number of sulfonamides is 1. The number of methoxy groups -OCH3 is 1. The zero-order valence-corrected chi connectivity index (χ0v) is 21.4. The summed E-state index contributed by atoms with van der Waals surface area (Å²) in [5.74, 6) is -0.000346. The number of rotatable bonds is 8. The van der Waals surface area contributed by atoms with E-state index >= 15 is 0 Å². The molecule has 0 radical (unpaired) electrons. The molecule has 3 aromatic carbocycles. The Balaban J connectivity index is 1.59. The molecule has 1 aliphatic carbocycles. The van der Waals surface area contributed by atoms with Crippen LogP contribution in [0.3, 0.4) is 0 Å². The average molecular weight is 513 g/mol. The summed E-state index contributed by atoms with van der Waals surface area (Å²) in [6, 6.07) is 18.7. The van der Waals surface area contributed by atoms with Crippen LogP contribution in [0.4, 0.5) is 5.69 Å². The van der Waals surface area contributed by atoms with E-state index in [1.54, 1.807) is 30.3 Å². The second-order valence-corrected chi connectivity index (χ2v) is 10.9. The van der Waals surface area contributed by atoms with E-state index in [2.05, 4.69) is 17.4 Å². The second-order valence-electron chi connectivity index (χ2n) is 8.67. The third-order valence-corrected chi connectivity index (χ3v) is 8.38. The Morgan fingerprint density at radius 3 is 2.43 bits per heavy atom. The minimum absolute atomic E-state index is 0.0856. The van der Waals surface area contributed by atoms with E-state index in [1.165, 1.54) is 49.3 Å². The van der Waals surface area contributed by atoms with E-state index in [9.17, 15) is 13.2 Å². The standard InChI is InChI=1S/C27H29ClN2O4S/c1-19(21-13-12-20-8-6-7-9-22(20)16-21)29-27(31)18-30(23-14-15-26(34-2)25(28)17-23)35(32,33)24-10-4-3-5-11-24/h3-5,10-17,19H,6-9,18H2,1-2H3,(H,29,31)/t19-/m1/s1. The van der Waals surface area contributed by atoms with Crippen molar-refractivity contribution in [2.45, 2.75) is 43.5 Å². The Morgan fingerprint density at radius 2 is 1.74 bits per heavy atom. The third kappa shape index (κ3) is 5.63. The number of aryl methyl sites for hydroxylation is 2. The number of nitrogens with one attached hydrogen (secondary N) is 1. The predicted molar refractivity (Wildman–Crippen MR) is 139 cm³/mol. The molecule has 0 aromatic heterocycles. The van der Waals surface area contributed by atoms with Gasteiger partial charge in [0, 0.05) is 0 Å². The van der Waals surface area contributed by atoms with Gasteiger partial charge in [0.15, 0.2) is 0 Å². The lowest BCUT2D eigenvalue weighted by Crippen LogP contribution is -2.41. The highest BCUT2D eigenvalue weighted by Crippen LogP contribution is 2.32. The number of carbonyl (C=O) groups excluding carboxylic acids is 1. The molecule has 3 aromatic rings. The van der Waals surface area contributed by atoms with Crippen LogP contribution in [0.1, 0.15) is 42.5 Å². The number of hydrogen-bond donors (Lipinski definition) is 1. The van der Waals surface area contributed by atoms with E-state index in [0.29, 0.717) is 5.75 Å². The fraction of sp³-hybridized carbons (Fsp3) is 0.296. The minimum atomic E-state index is -4.02. The van der Waals surface area contributed by atoms with Gasteiger partial charge in [-0.05, 0) is 79.6 Å². The first kappa shape index (κ1) is 25.1. The number of benzene rings is 3. The van der Waals surface area contributed by atoms with Gasteiger partial charge in [0.25, 0.3) is 10.0 Å². The monoisotopic (exact) mass is 512 g/mol. The van der Waals surface area contributed by atoms with Crippen molar-refractivity contribution in [2.75, 3.05) is 18.0 Å². The quantitative estimate of drug-likeness (QED) is 0.444. The van der Waals surface area contributed by atoms with Gasteiger partial charge in [0.05, 0.1) is 28.8 Å². The topological polar surface area (TPSA) is 75.7 Å². The zero-order chi connectivity index (χ0) is 25.0. The first-order chi connectivity index (χ1) is 16.8. The van der Waals surface area contributed by atoms with Crippen molar-refractivity contribution in [1.82, 2.24) is 5.32 Å². The largest absolute Gasteiger partial charge is 0.495 e. The molecular weight excluding hydrogens is 484 g/mol. The number of amides is 1. The van der Waals surface area contributed by atoms with Gasteiger partial charge in [0.1, 0.15) is 12.3 Å². The van der Waals surface area contributed by atoms with Crippen LogP contribution in [0.15, 0.2) is 71.6 Å². The smallest absolute Gasteiger partial charge is 0.264 e. The highest BCUT2D eigenvalue weighted by Gasteiger charge is 2.28. The lowest BCUT2D eigenvalue weighted by Gasteiger charge is -2.26. The molecule has 0 unspecified atom stereocenters. The van der Waals surface area contributed by atoms with E-state index in [-0.39, 0.29) is 21.6 Å². The molecule has 1 amide bonds. The predicted octanol–water partition coefficient (Wildman–Crippen LogP) is 5.30. The Labute approximate surface area is 211 Å². The maximum atomic E-state index is 13.5. The van der Waals surface area contributed by atoms with Crippen LogP contribution in [0.5, 0.6) is 5.75 Å². The maximum Gasteiger partial charge on any atom is 0.264 e. The summed E-state index contributed by atoms with van der Waals surface area (Å²) in [5.41, 5.74) is 3.98. The van der Waals surface area contributed by atoms with Gasteiger partial charge in [-0.3, -0.25) is 9.10 Å². The SMILES string of the molecule is COc1ccc(N(CC(=O)N[C@H](C)c2ccc3c(c2)CCCC3)S(=O)(=O)c2ccccc2)cc1Cl. The summed E-state index contributed by atoms with van der Waals surface area (Å²) < 4.78 is 33.3. The normalized spacial score (nSPS) is 14.0. The second kappa shape index (κ2) is 10.7. The van der Waals surface area contributed by atoms with Crippen molar-refractivity contribution in [3.05, 3.63) is 88.4 Å². The van der Waals surface area contributed by atoms with Gasteiger partial charge in [-0.25, -0.2) is 8.42 Å². The van der Waals surface area contributed by atoms with Gasteiger partial charge in [-0.2, -0.15) is 0 Å². The number of halogens is 1. The maximum absolute atomic E-state index is 13.5. The molecule has 8 heteroatoms. The number of nitrogens with zero attached hydrogens (tertiary/aromatic N) is 1. The molecule has 1 N–H and O–H groups in total. The van der Waals surface area contributed by atoms with Crippen LogP contribution < -0.4 is 14.4 Å². The average Bonchev–Trinajstić information content (AvgIpc) is 2.87. The van der Waals surface area contributed by atoms with E-state index in [4.69, 9.17) is 16.3 Å². The Hall–Kier alpha value is -3.03. The van der Waals surface area contributed by atoms with Crippen molar-refractivity contribution in [2.24, 2.45) is 0 Å². The summed E-state index contributed by atoms with van der Waals surface area (Å²) in [6.07, 6.45) is 4.52. The lowest BCUT2D eigenvalue weighted by molar-refractivity contribution is -0.120. The van der Waals surface area contributed by atoms with Crippen molar-refractivity contribution in [3.8, 4) is 5.75 Å². The Kier molecular flexibility index (Phi) is 7.67. The fourth-order valence-corrected chi connectivity index (χ4v) is 6.05. The van der Waals surface area contributed by atoms with Crippen LogP contribution in [0.25, 0.3) is 0 Å². The molecule has 0 saturated carbocycles. The summed E-state index contributed by atoms with van der Waals surface area (Å²) in [4.78, 5) is 13.2. The molecule has 0 bridgehead atoms. The highest BCUT2D eigenvalue weighted by atomic mass is 35.5. The van der Waals surface area contributed by atoms with Gasteiger partial charge in [-0.1, -0.05) is 48.0 Å². The number of ether oxygens (including phenoxy) is 1. The zero-order valence-electron chi connectivity index (χ0n) is 19.8. The molecule has 0 saturated heterocycles. The Bertz CT molecular complexity index is 1310. The molecule has 0 aliphatic heterocycles. The van der Waals surface area contributed by atoms with Crippen LogP contribution in [0, 0.1) is 0 Å².